The number of nitrogen functional groups attached to an aromatic ring is 1. The lowest BCUT2D eigenvalue weighted by molar-refractivity contribution is 0.0973. The van der Waals surface area contributed by atoms with E-state index in [1.54, 1.807) is 6.92 Å². The van der Waals surface area contributed by atoms with Crippen molar-refractivity contribution in [3.63, 3.8) is 0 Å². The highest BCUT2D eigenvalue weighted by molar-refractivity contribution is 6.04. The summed E-state index contributed by atoms with van der Waals surface area (Å²) in [5.41, 5.74) is 6.36. The molecule has 1 aromatic heterocycles. The molecule has 0 aliphatic carbocycles. The molecule has 1 aromatic carbocycles. The van der Waals surface area contributed by atoms with Gasteiger partial charge in [0.05, 0.1) is 6.04 Å². The first-order valence-corrected chi connectivity index (χ1v) is 7.73. The number of benzene rings is 1. The number of nitrogens with one attached hydrogen (secondary N) is 1. The molecule has 1 atom stereocenters. The van der Waals surface area contributed by atoms with Gasteiger partial charge < -0.3 is 11.1 Å². The van der Waals surface area contributed by atoms with E-state index in [1.807, 2.05) is 24.3 Å². The quantitative estimate of drug-likeness (QED) is 0.794. The molecule has 0 aliphatic rings. The van der Waals surface area contributed by atoms with Crippen molar-refractivity contribution < 1.29 is 4.79 Å². The van der Waals surface area contributed by atoms with Gasteiger partial charge >= 0.3 is 5.69 Å². The van der Waals surface area contributed by atoms with Crippen molar-refractivity contribution >= 4 is 17.3 Å². The summed E-state index contributed by atoms with van der Waals surface area (Å²) in [4.78, 5) is 36.7. The molecule has 2 aromatic rings. The van der Waals surface area contributed by atoms with Crippen LogP contribution in [-0.2, 0) is 20.5 Å². The number of hydrogen-bond acceptors (Lipinski definition) is 5. The van der Waals surface area contributed by atoms with Crippen molar-refractivity contribution in [2.45, 2.75) is 26.3 Å². The second kappa shape index (κ2) is 6.74. The van der Waals surface area contributed by atoms with Crippen molar-refractivity contribution in [1.29, 1.82) is 0 Å². The number of Topliss-reactive ketones (excluding diaryl/α,β-unsaturated/α-hetero) is 1. The molecular formula is C17H22N4O3. The van der Waals surface area contributed by atoms with Crippen LogP contribution in [0.15, 0.2) is 33.9 Å². The van der Waals surface area contributed by atoms with Crippen LogP contribution in [0, 0.1) is 0 Å². The smallest absolute Gasteiger partial charge is 0.332 e. The number of anilines is 2. The van der Waals surface area contributed by atoms with E-state index >= 15 is 0 Å². The van der Waals surface area contributed by atoms with Gasteiger partial charge in [0, 0.05) is 19.8 Å². The topological polar surface area (TPSA) is 99.1 Å². The average Bonchev–Trinajstić information content (AvgIpc) is 2.59. The van der Waals surface area contributed by atoms with Crippen molar-refractivity contribution in [2.24, 2.45) is 14.1 Å². The molecule has 24 heavy (non-hydrogen) atoms. The third kappa shape index (κ3) is 3.10. The standard InChI is InChI=1S/C17H22N4O3/c1-5-11-6-8-12(9-7-11)19-10(2)14(22)13-15(18)20(3)17(24)21(4)16(13)23/h6-10,19H,5,18H2,1-4H3. The van der Waals surface area contributed by atoms with Crippen LogP contribution < -0.4 is 22.3 Å². The highest BCUT2D eigenvalue weighted by Gasteiger charge is 2.24. The van der Waals surface area contributed by atoms with Gasteiger partial charge in [-0.05, 0) is 31.0 Å². The van der Waals surface area contributed by atoms with Crippen molar-refractivity contribution in [3.8, 4) is 0 Å². The Labute approximate surface area is 139 Å². The van der Waals surface area contributed by atoms with Gasteiger partial charge in [-0.1, -0.05) is 19.1 Å². The predicted molar refractivity (Wildman–Crippen MR) is 94.6 cm³/mol. The van der Waals surface area contributed by atoms with Crippen LogP contribution in [0.4, 0.5) is 11.5 Å². The number of rotatable bonds is 5. The summed E-state index contributed by atoms with van der Waals surface area (Å²) in [5, 5.41) is 3.06. The molecule has 0 saturated carbocycles. The average molecular weight is 330 g/mol. The molecule has 0 radical (unpaired) electrons. The molecule has 0 bridgehead atoms. The van der Waals surface area contributed by atoms with Crippen molar-refractivity contribution in [2.75, 3.05) is 11.1 Å². The summed E-state index contributed by atoms with van der Waals surface area (Å²) in [5.74, 6) is -0.577. The zero-order valence-corrected chi connectivity index (χ0v) is 14.3. The Balaban J connectivity index is 2.34. The summed E-state index contributed by atoms with van der Waals surface area (Å²) in [7, 11) is 2.75. The first-order valence-electron chi connectivity index (χ1n) is 7.73. The van der Waals surface area contributed by atoms with Crippen LogP contribution in [-0.4, -0.2) is 21.0 Å². The Morgan fingerprint density at radius 3 is 2.29 bits per heavy atom. The number of carbonyl (C=O) groups excluding carboxylic acids is 1. The van der Waals surface area contributed by atoms with Gasteiger partial charge in [-0.3, -0.25) is 18.7 Å². The number of nitrogens with two attached hydrogens (primary N) is 1. The Hall–Kier alpha value is -2.83. The van der Waals surface area contributed by atoms with E-state index in [0.29, 0.717) is 0 Å². The van der Waals surface area contributed by atoms with Gasteiger partial charge in [-0.15, -0.1) is 0 Å². The molecule has 7 nitrogen and oxygen atoms in total. The lowest BCUT2D eigenvalue weighted by Gasteiger charge is -2.17. The second-order valence-corrected chi connectivity index (χ2v) is 5.75. The largest absolute Gasteiger partial charge is 0.384 e. The normalized spacial score (nSPS) is 12.0. The minimum Gasteiger partial charge on any atom is -0.384 e. The molecule has 3 N–H and O–H groups in total. The molecule has 0 amide bonds. The zero-order valence-electron chi connectivity index (χ0n) is 14.3. The van der Waals surface area contributed by atoms with Gasteiger partial charge in [-0.2, -0.15) is 0 Å². The highest BCUT2D eigenvalue weighted by atomic mass is 16.2. The molecule has 0 aliphatic heterocycles. The van der Waals surface area contributed by atoms with Crippen molar-refractivity contribution in [3.05, 3.63) is 56.2 Å². The van der Waals surface area contributed by atoms with Gasteiger partial charge in [0.2, 0.25) is 0 Å². The highest BCUT2D eigenvalue weighted by Crippen LogP contribution is 2.14. The van der Waals surface area contributed by atoms with E-state index < -0.39 is 23.1 Å². The summed E-state index contributed by atoms with van der Waals surface area (Å²) in [6.45, 7) is 3.72. The zero-order chi connectivity index (χ0) is 18.0. The van der Waals surface area contributed by atoms with E-state index in [4.69, 9.17) is 5.73 Å². The van der Waals surface area contributed by atoms with Crippen LogP contribution in [0.25, 0.3) is 0 Å². The molecule has 1 unspecified atom stereocenters. The lowest BCUT2D eigenvalue weighted by Crippen LogP contribution is -2.43. The third-order valence-electron chi connectivity index (χ3n) is 4.09. The maximum absolute atomic E-state index is 12.7. The van der Waals surface area contributed by atoms with Crippen LogP contribution in [0.5, 0.6) is 0 Å². The maximum Gasteiger partial charge on any atom is 0.332 e. The van der Waals surface area contributed by atoms with Crippen LogP contribution in [0.2, 0.25) is 0 Å². The van der Waals surface area contributed by atoms with E-state index in [9.17, 15) is 14.4 Å². The number of carbonyl (C=O) groups is 1. The minimum atomic E-state index is -0.685. The SMILES string of the molecule is CCc1ccc(NC(C)C(=O)c2c(N)n(C)c(=O)n(C)c2=O)cc1. The van der Waals surface area contributed by atoms with Gasteiger partial charge in [0.25, 0.3) is 5.56 Å². The monoisotopic (exact) mass is 330 g/mol. The van der Waals surface area contributed by atoms with E-state index in [-0.39, 0.29) is 11.4 Å². The van der Waals surface area contributed by atoms with Crippen LogP contribution >= 0.6 is 0 Å². The van der Waals surface area contributed by atoms with E-state index in [0.717, 1.165) is 21.2 Å². The summed E-state index contributed by atoms with van der Waals surface area (Å²) < 4.78 is 1.98. The Kier molecular flexibility index (Phi) is 4.92. The predicted octanol–water partition coefficient (Wildman–Crippen LogP) is 0.912. The Bertz CT molecular complexity index is 878. The fourth-order valence-electron chi connectivity index (χ4n) is 2.46. The molecule has 0 fully saturated rings. The van der Waals surface area contributed by atoms with Crippen molar-refractivity contribution in [1.82, 2.24) is 9.13 Å². The number of aryl methyl sites for hydroxylation is 1. The molecule has 1 heterocycles. The Morgan fingerprint density at radius 2 is 1.75 bits per heavy atom. The third-order valence-corrected chi connectivity index (χ3v) is 4.09. The molecule has 7 heteroatoms. The van der Waals surface area contributed by atoms with E-state index in [2.05, 4.69) is 12.2 Å². The van der Waals surface area contributed by atoms with Gasteiger partial charge in [0.1, 0.15) is 11.4 Å². The molecule has 2 rings (SSSR count). The van der Waals surface area contributed by atoms with Gasteiger partial charge in [-0.25, -0.2) is 4.79 Å². The second-order valence-electron chi connectivity index (χ2n) is 5.75. The van der Waals surface area contributed by atoms with Crippen LogP contribution in [0.1, 0.15) is 29.8 Å². The fourth-order valence-corrected chi connectivity index (χ4v) is 2.46. The first-order chi connectivity index (χ1) is 11.3. The number of hydrogen-bond donors (Lipinski definition) is 2. The molecule has 128 valence electrons. The Morgan fingerprint density at radius 1 is 1.17 bits per heavy atom. The van der Waals surface area contributed by atoms with Gasteiger partial charge in [0.15, 0.2) is 5.78 Å². The van der Waals surface area contributed by atoms with E-state index in [1.165, 1.54) is 19.7 Å². The number of ketones is 1. The fraction of sp³-hybridized carbons (Fsp3) is 0.353. The molecule has 0 saturated heterocycles. The summed E-state index contributed by atoms with van der Waals surface area (Å²) in [6, 6.07) is 7.04. The summed E-state index contributed by atoms with van der Waals surface area (Å²) in [6.07, 6.45) is 0.930. The summed E-state index contributed by atoms with van der Waals surface area (Å²) >= 11 is 0. The van der Waals surface area contributed by atoms with Crippen LogP contribution in [0.3, 0.4) is 0 Å². The number of nitrogens with zero attached hydrogens (tertiary/aromatic N) is 2. The number of aromatic nitrogens is 2. The molecular weight excluding hydrogens is 308 g/mol. The molecule has 0 spiro atoms. The minimum absolute atomic E-state index is 0.122. The lowest BCUT2D eigenvalue weighted by atomic mass is 10.1. The first kappa shape index (κ1) is 17.5. The maximum atomic E-state index is 12.7.